The smallest absolute Gasteiger partial charge is 0.268 e. The Balaban J connectivity index is 2.30. The summed E-state index contributed by atoms with van der Waals surface area (Å²) < 4.78 is 31.7. The Morgan fingerprint density at radius 1 is 1.09 bits per heavy atom. The number of hydrogen-bond acceptors (Lipinski definition) is 4. The van der Waals surface area contributed by atoms with Crippen LogP contribution in [0.4, 0.5) is 0 Å². The summed E-state index contributed by atoms with van der Waals surface area (Å²) >= 11 is 0. The molecule has 0 spiro atoms. The number of carbonyl (C=O) groups is 1. The van der Waals surface area contributed by atoms with Gasteiger partial charge in [0.15, 0.2) is 6.29 Å². The van der Waals surface area contributed by atoms with Gasteiger partial charge in [0.05, 0.1) is 17.5 Å². The first-order valence-electron chi connectivity index (χ1n) is 6.53. The number of rotatable bonds is 4. The van der Waals surface area contributed by atoms with Crippen LogP contribution in [0.2, 0.25) is 0 Å². The molecule has 0 atom stereocenters. The van der Waals surface area contributed by atoms with Crippen LogP contribution in [0, 0.1) is 0 Å². The van der Waals surface area contributed by atoms with Crippen LogP contribution >= 0.6 is 0 Å². The van der Waals surface area contributed by atoms with Crippen molar-refractivity contribution in [2.24, 2.45) is 0 Å². The predicted molar refractivity (Wildman–Crippen MR) is 82.9 cm³/mol. The van der Waals surface area contributed by atoms with Crippen molar-refractivity contribution in [2.45, 2.75) is 4.90 Å². The fraction of sp³-hybridized carbons (Fsp3) is 0.0625. The minimum absolute atomic E-state index is 0.167. The Hall–Kier alpha value is -2.60. The monoisotopic (exact) mass is 315 g/mol. The number of hydrogen-bond donors (Lipinski definition) is 0. The molecule has 112 valence electrons. The maximum atomic E-state index is 12.7. The average Bonchev–Trinajstić information content (AvgIpc) is 2.94. The van der Waals surface area contributed by atoms with Gasteiger partial charge in [0, 0.05) is 17.1 Å². The van der Waals surface area contributed by atoms with E-state index in [1.807, 2.05) is 0 Å². The number of carbonyl (C=O) groups excluding carboxylic acids is 1. The molecular formula is C16H13NO4S. The Bertz CT molecular complexity index is 943. The fourth-order valence-corrected chi connectivity index (χ4v) is 3.73. The number of ether oxygens (including phenoxy) is 1. The highest BCUT2D eigenvalue weighted by molar-refractivity contribution is 7.90. The molecule has 0 aliphatic rings. The van der Waals surface area contributed by atoms with E-state index in [9.17, 15) is 13.2 Å². The molecule has 0 N–H and O–H groups in total. The van der Waals surface area contributed by atoms with Gasteiger partial charge < -0.3 is 4.74 Å². The van der Waals surface area contributed by atoms with E-state index in [2.05, 4.69) is 0 Å². The zero-order chi connectivity index (χ0) is 15.7. The van der Waals surface area contributed by atoms with Gasteiger partial charge in [-0.2, -0.15) is 0 Å². The topological polar surface area (TPSA) is 65.4 Å². The maximum Gasteiger partial charge on any atom is 0.268 e. The van der Waals surface area contributed by atoms with Crippen molar-refractivity contribution in [3.05, 3.63) is 60.3 Å². The number of aldehydes is 1. The van der Waals surface area contributed by atoms with Crippen molar-refractivity contribution in [3.63, 3.8) is 0 Å². The molecular weight excluding hydrogens is 302 g/mol. The van der Waals surface area contributed by atoms with Crippen LogP contribution < -0.4 is 4.74 Å². The molecule has 3 rings (SSSR count). The molecule has 0 saturated carbocycles. The number of benzene rings is 2. The largest absolute Gasteiger partial charge is 0.497 e. The lowest BCUT2D eigenvalue weighted by atomic mass is 10.2. The number of nitrogens with zero attached hydrogens (tertiary/aromatic N) is 1. The van der Waals surface area contributed by atoms with E-state index in [1.165, 1.54) is 25.4 Å². The standard InChI is InChI=1S/C16H13NO4S/c1-21-13-7-8-16-15(9-13)12(11-18)10-17(16)22(19,20)14-5-3-2-4-6-14/h2-11H,1H3. The first-order chi connectivity index (χ1) is 10.6. The molecule has 0 radical (unpaired) electrons. The summed E-state index contributed by atoms with van der Waals surface area (Å²) in [5.74, 6) is 0.561. The van der Waals surface area contributed by atoms with E-state index < -0.39 is 10.0 Å². The number of methoxy groups -OCH3 is 1. The Labute approximate surface area is 127 Å². The molecule has 2 aromatic carbocycles. The summed E-state index contributed by atoms with van der Waals surface area (Å²) in [6.45, 7) is 0. The average molecular weight is 315 g/mol. The van der Waals surface area contributed by atoms with E-state index in [4.69, 9.17) is 4.74 Å². The molecule has 0 bridgehead atoms. The van der Waals surface area contributed by atoms with Gasteiger partial charge in [-0.25, -0.2) is 12.4 Å². The third-order valence-electron chi connectivity index (χ3n) is 3.44. The van der Waals surface area contributed by atoms with Crippen molar-refractivity contribution in [1.29, 1.82) is 0 Å². The van der Waals surface area contributed by atoms with E-state index in [-0.39, 0.29) is 4.90 Å². The second-order valence-corrected chi connectivity index (χ2v) is 6.51. The molecule has 0 unspecified atom stereocenters. The molecule has 0 saturated heterocycles. The molecule has 0 fully saturated rings. The molecule has 1 aromatic heterocycles. The zero-order valence-corrected chi connectivity index (χ0v) is 12.6. The third kappa shape index (κ3) is 2.17. The summed E-state index contributed by atoms with van der Waals surface area (Å²) in [6, 6.07) is 13.0. The molecule has 0 amide bonds. The quantitative estimate of drug-likeness (QED) is 0.694. The van der Waals surface area contributed by atoms with Gasteiger partial charge in [-0.05, 0) is 30.3 Å². The van der Waals surface area contributed by atoms with Crippen LogP contribution in [0.1, 0.15) is 10.4 Å². The Kier molecular flexibility index (Phi) is 3.46. The molecule has 22 heavy (non-hydrogen) atoms. The minimum atomic E-state index is -3.76. The van der Waals surface area contributed by atoms with Gasteiger partial charge in [0.25, 0.3) is 10.0 Å². The summed E-state index contributed by atoms with van der Waals surface area (Å²) in [6.07, 6.45) is 1.97. The fourth-order valence-electron chi connectivity index (χ4n) is 2.33. The Morgan fingerprint density at radius 2 is 1.82 bits per heavy atom. The van der Waals surface area contributed by atoms with Crippen LogP contribution in [0.25, 0.3) is 10.9 Å². The highest BCUT2D eigenvalue weighted by atomic mass is 32.2. The summed E-state index contributed by atoms with van der Waals surface area (Å²) in [4.78, 5) is 11.4. The Morgan fingerprint density at radius 3 is 2.45 bits per heavy atom. The first kappa shape index (κ1) is 14.3. The number of fused-ring (bicyclic) bond motifs is 1. The van der Waals surface area contributed by atoms with Gasteiger partial charge >= 0.3 is 0 Å². The molecule has 6 heteroatoms. The lowest BCUT2D eigenvalue weighted by Gasteiger charge is -2.07. The SMILES string of the molecule is COc1ccc2c(c1)c(C=O)cn2S(=O)(=O)c1ccccc1. The van der Waals surface area contributed by atoms with E-state index in [0.717, 1.165) is 3.97 Å². The van der Waals surface area contributed by atoms with Crippen LogP contribution in [0.15, 0.2) is 59.6 Å². The van der Waals surface area contributed by atoms with Crippen LogP contribution in [0.3, 0.4) is 0 Å². The highest BCUT2D eigenvalue weighted by Gasteiger charge is 2.21. The number of aromatic nitrogens is 1. The van der Waals surface area contributed by atoms with Gasteiger partial charge in [0.2, 0.25) is 0 Å². The normalized spacial score (nSPS) is 11.5. The van der Waals surface area contributed by atoms with Crippen molar-refractivity contribution >= 4 is 27.2 Å². The predicted octanol–water partition coefficient (Wildman–Crippen LogP) is 2.70. The third-order valence-corrected chi connectivity index (χ3v) is 5.12. The van der Waals surface area contributed by atoms with Crippen molar-refractivity contribution in [1.82, 2.24) is 3.97 Å². The van der Waals surface area contributed by atoms with E-state index in [1.54, 1.807) is 36.4 Å². The summed E-state index contributed by atoms with van der Waals surface area (Å²) in [5, 5.41) is 0.536. The van der Waals surface area contributed by atoms with Gasteiger partial charge in [-0.1, -0.05) is 18.2 Å². The van der Waals surface area contributed by atoms with Crippen molar-refractivity contribution < 1.29 is 17.9 Å². The molecule has 5 nitrogen and oxygen atoms in total. The molecule has 0 aliphatic carbocycles. The van der Waals surface area contributed by atoms with Crippen LogP contribution in [-0.2, 0) is 10.0 Å². The first-order valence-corrected chi connectivity index (χ1v) is 7.97. The van der Waals surface area contributed by atoms with Crippen molar-refractivity contribution in [3.8, 4) is 5.75 Å². The lowest BCUT2D eigenvalue weighted by Crippen LogP contribution is -2.11. The lowest BCUT2D eigenvalue weighted by molar-refractivity contribution is 0.112. The van der Waals surface area contributed by atoms with Gasteiger partial charge in [-0.15, -0.1) is 0 Å². The molecule has 1 heterocycles. The minimum Gasteiger partial charge on any atom is -0.497 e. The second kappa shape index (κ2) is 5.31. The van der Waals surface area contributed by atoms with Crippen LogP contribution in [-0.4, -0.2) is 25.8 Å². The van der Waals surface area contributed by atoms with E-state index in [0.29, 0.717) is 28.5 Å². The molecule has 3 aromatic rings. The van der Waals surface area contributed by atoms with Crippen molar-refractivity contribution in [2.75, 3.05) is 7.11 Å². The summed E-state index contributed by atoms with van der Waals surface area (Å²) in [5.41, 5.74) is 0.736. The highest BCUT2D eigenvalue weighted by Crippen LogP contribution is 2.28. The van der Waals surface area contributed by atoms with Gasteiger partial charge in [-0.3, -0.25) is 4.79 Å². The maximum absolute atomic E-state index is 12.7. The second-order valence-electron chi connectivity index (χ2n) is 4.70. The van der Waals surface area contributed by atoms with E-state index >= 15 is 0 Å². The zero-order valence-electron chi connectivity index (χ0n) is 11.8. The van der Waals surface area contributed by atoms with Crippen LogP contribution in [0.5, 0.6) is 5.75 Å². The van der Waals surface area contributed by atoms with Gasteiger partial charge in [0.1, 0.15) is 5.75 Å². The summed E-state index contributed by atoms with van der Waals surface area (Å²) in [7, 11) is -2.24. The molecule has 0 aliphatic heterocycles.